The SMILES string of the molecule is C=C/C(CNC)=C(\N=C/C)NC1CCN(C(=O)C2CCN(CC(/C=C\C)=C/C(N)=C/CC)CC2)CC1.Cc1cc(C)on1. The van der Waals surface area contributed by atoms with Crippen LogP contribution in [0, 0.1) is 19.8 Å². The molecule has 0 radical (unpaired) electrons. The van der Waals surface area contributed by atoms with Crippen LogP contribution in [0.5, 0.6) is 0 Å². The van der Waals surface area contributed by atoms with Crippen molar-refractivity contribution in [1.82, 2.24) is 25.6 Å². The summed E-state index contributed by atoms with van der Waals surface area (Å²) < 4.78 is 4.71. The highest BCUT2D eigenvalue weighted by Gasteiger charge is 2.31. The van der Waals surface area contributed by atoms with E-state index in [2.05, 4.69) is 62.3 Å². The number of hydrogen-bond acceptors (Lipinski definition) is 8. The van der Waals surface area contributed by atoms with Crippen molar-refractivity contribution in [3.63, 3.8) is 0 Å². The molecule has 2 aliphatic rings. The Balaban J connectivity index is 0.000000804. The fraction of sp³-hybridized carbons (Fsp3) is 0.559. The lowest BCUT2D eigenvalue weighted by Gasteiger charge is -2.38. The number of carbonyl (C=O) groups excluding carboxylic acids is 1. The summed E-state index contributed by atoms with van der Waals surface area (Å²) in [6.07, 6.45) is 16.6. The maximum absolute atomic E-state index is 13.3. The van der Waals surface area contributed by atoms with Gasteiger partial charge in [-0.3, -0.25) is 9.69 Å². The van der Waals surface area contributed by atoms with Gasteiger partial charge >= 0.3 is 0 Å². The highest BCUT2D eigenvalue weighted by atomic mass is 16.5. The molecule has 1 aromatic rings. The Kier molecular flexibility index (Phi) is 16.4. The van der Waals surface area contributed by atoms with Crippen molar-refractivity contribution >= 4 is 12.1 Å². The van der Waals surface area contributed by atoms with Gasteiger partial charge in [-0.15, -0.1) is 0 Å². The van der Waals surface area contributed by atoms with Gasteiger partial charge in [0.05, 0.1) is 5.69 Å². The van der Waals surface area contributed by atoms with E-state index in [0.717, 1.165) is 93.4 Å². The summed E-state index contributed by atoms with van der Waals surface area (Å²) in [6.45, 7) is 18.8. The van der Waals surface area contributed by atoms with E-state index in [9.17, 15) is 4.79 Å². The van der Waals surface area contributed by atoms with Crippen LogP contribution in [0.15, 0.2) is 75.2 Å². The van der Waals surface area contributed by atoms with Crippen LogP contribution in [-0.4, -0.2) is 79.4 Å². The molecule has 1 aromatic heterocycles. The second kappa shape index (κ2) is 19.7. The first-order chi connectivity index (χ1) is 20.7. The van der Waals surface area contributed by atoms with Gasteiger partial charge in [0.2, 0.25) is 5.91 Å². The van der Waals surface area contributed by atoms with Crippen molar-refractivity contribution in [2.24, 2.45) is 16.6 Å². The van der Waals surface area contributed by atoms with Gasteiger partial charge in [0.25, 0.3) is 0 Å². The van der Waals surface area contributed by atoms with Crippen molar-refractivity contribution in [3.8, 4) is 0 Å². The average Bonchev–Trinajstić information content (AvgIpc) is 3.38. The highest BCUT2D eigenvalue weighted by Crippen LogP contribution is 2.23. The summed E-state index contributed by atoms with van der Waals surface area (Å²) in [5.74, 6) is 2.21. The fourth-order valence-corrected chi connectivity index (χ4v) is 5.44. The molecule has 3 rings (SSSR count). The van der Waals surface area contributed by atoms with E-state index >= 15 is 0 Å². The molecular formula is C34H55N7O2. The summed E-state index contributed by atoms with van der Waals surface area (Å²) in [5, 5.41) is 10.4. The number of aryl methyl sites for hydroxylation is 2. The minimum absolute atomic E-state index is 0.133. The van der Waals surface area contributed by atoms with Gasteiger partial charge in [-0.1, -0.05) is 43.0 Å². The molecule has 43 heavy (non-hydrogen) atoms. The lowest BCUT2D eigenvalue weighted by atomic mass is 9.93. The third-order valence-corrected chi connectivity index (χ3v) is 7.58. The molecule has 3 heterocycles. The number of aliphatic imine (C=N–C) groups is 1. The van der Waals surface area contributed by atoms with Gasteiger partial charge in [0, 0.05) is 61.7 Å². The van der Waals surface area contributed by atoms with Crippen LogP contribution in [0.1, 0.15) is 64.3 Å². The standard InChI is InChI=1S/C29H48N6O.C5H7NO/c1-6-10-23(20-26(30)11-7-2)22-34-16-12-25(13-17-34)29(36)35-18-14-27(15-19-35)33-28(32-9-4)24(8-3)21-31-5;1-4-3-5(2)7-6-4/h6,8-11,20,25,27,31,33H,3,7,12-19,21-22,30H2,1-2,4-5H3;3H,1-2H3/b10-6-,23-20+,26-11-,28-24-,32-9-;. The van der Waals surface area contributed by atoms with Gasteiger partial charge in [-0.2, -0.15) is 0 Å². The summed E-state index contributed by atoms with van der Waals surface area (Å²) in [7, 11) is 1.92. The Hall–Kier alpha value is -3.43. The number of aromatic nitrogens is 1. The van der Waals surface area contributed by atoms with Crippen molar-refractivity contribution in [1.29, 1.82) is 0 Å². The van der Waals surface area contributed by atoms with E-state index in [1.54, 1.807) is 6.21 Å². The molecule has 0 unspecified atom stereocenters. The number of nitrogens with one attached hydrogen (secondary N) is 2. The number of amides is 1. The zero-order valence-electron chi connectivity index (χ0n) is 27.4. The van der Waals surface area contributed by atoms with E-state index in [4.69, 9.17) is 10.3 Å². The van der Waals surface area contributed by atoms with Crippen LogP contribution in [0.4, 0.5) is 0 Å². The third kappa shape index (κ3) is 12.8. The normalized spacial score (nSPS) is 18.5. The number of likely N-dealkylation sites (N-methyl/N-ethyl adjacent to an activating group) is 1. The minimum atomic E-state index is 0.133. The maximum atomic E-state index is 13.3. The lowest BCUT2D eigenvalue weighted by molar-refractivity contribution is -0.138. The van der Waals surface area contributed by atoms with Crippen LogP contribution in [0.2, 0.25) is 0 Å². The monoisotopic (exact) mass is 593 g/mol. The Morgan fingerprint density at radius 2 is 1.88 bits per heavy atom. The smallest absolute Gasteiger partial charge is 0.225 e. The number of nitrogens with zero attached hydrogens (tertiary/aromatic N) is 4. The largest absolute Gasteiger partial charge is 0.399 e. The predicted octanol–water partition coefficient (Wildman–Crippen LogP) is 5.03. The molecule has 0 aliphatic carbocycles. The molecule has 0 bridgehead atoms. The summed E-state index contributed by atoms with van der Waals surface area (Å²) in [6, 6.07) is 2.20. The molecule has 2 aliphatic heterocycles. The zero-order chi connectivity index (χ0) is 31.6. The predicted molar refractivity (Wildman–Crippen MR) is 179 cm³/mol. The number of hydrogen-bond donors (Lipinski definition) is 3. The van der Waals surface area contributed by atoms with E-state index < -0.39 is 0 Å². The summed E-state index contributed by atoms with van der Waals surface area (Å²) in [5.41, 5.74) is 10.1. The van der Waals surface area contributed by atoms with Gasteiger partial charge in [0.1, 0.15) is 11.6 Å². The van der Waals surface area contributed by atoms with Crippen molar-refractivity contribution < 1.29 is 9.32 Å². The summed E-state index contributed by atoms with van der Waals surface area (Å²) >= 11 is 0. The molecule has 9 heteroatoms. The molecule has 0 atom stereocenters. The number of carbonyl (C=O) groups is 1. The van der Waals surface area contributed by atoms with E-state index in [1.165, 1.54) is 5.57 Å². The Morgan fingerprint density at radius 1 is 1.19 bits per heavy atom. The second-order valence-electron chi connectivity index (χ2n) is 11.2. The average molecular weight is 594 g/mol. The lowest BCUT2D eigenvalue weighted by Crippen LogP contribution is -2.48. The number of nitrogens with two attached hydrogens (primary N) is 1. The molecule has 9 nitrogen and oxygen atoms in total. The zero-order valence-corrected chi connectivity index (χ0v) is 27.4. The Bertz CT molecular complexity index is 1130. The van der Waals surface area contributed by atoms with Crippen molar-refractivity contribution in [3.05, 3.63) is 77.1 Å². The molecule has 2 fully saturated rings. The van der Waals surface area contributed by atoms with Gasteiger partial charge in [-0.05, 0) is 91.6 Å². The first-order valence-corrected chi connectivity index (χ1v) is 15.7. The maximum Gasteiger partial charge on any atom is 0.225 e. The number of piperidine rings is 2. The van der Waals surface area contributed by atoms with Gasteiger partial charge in [-0.25, -0.2) is 4.99 Å². The van der Waals surface area contributed by atoms with Gasteiger partial charge in [0.15, 0.2) is 0 Å². The van der Waals surface area contributed by atoms with Crippen LogP contribution in [0.3, 0.4) is 0 Å². The van der Waals surface area contributed by atoms with Gasteiger partial charge < -0.3 is 25.8 Å². The molecule has 0 spiro atoms. The first-order valence-electron chi connectivity index (χ1n) is 15.7. The summed E-state index contributed by atoms with van der Waals surface area (Å²) in [4.78, 5) is 22.3. The molecule has 1 amide bonds. The number of likely N-dealkylation sites (tertiary alicyclic amines) is 2. The Morgan fingerprint density at radius 3 is 2.37 bits per heavy atom. The minimum Gasteiger partial charge on any atom is -0.399 e. The molecule has 2 saturated heterocycles. The molecule has 4 N–H and O–H groups in total. The fourth-order valence-electron chi connectivity index (χ4n) is 5.44. The molecule has 0 aromatic carbocycles. The van der Waals surface area contributed by atoms with Crippen LogP contribution < -0.4 is 16.4 Å². The van der Waals surface area contributed by atoms with Crippen LogP contribution in [-0.2, 0) is 4.79 Å². The molecular weight excluding hydrogens is 538 g/mol. The van der Waals surface area contributed by atoms with Crippen molar-refractivity contribution in [2.75, 3.05) is 46.3 Å². The highest BCUT2D eigenvalue weighted by molar-refractivity contribution is 5.79. The van der Waals surface area contributed by atoms with E-state index in [1.807, 2.05) is 53.0 Å². The quantitative estimate of drug-likeness (QED) is 0.230. The van der Waals surface area contributed by atoms with Crippen molar-refractivity contribution in [2.45, 2.75) is 72.8 Å². The topological polar surface area (TPSA) is 112 Å². The van der Waals surface area contributed by atoms with E-state index in [-0.39, 0.29) is 5.92 Å². The van der Waals surface area contributed by atoms with Crippen LogP contribution in [0.25, 0.3) is 0 Å². The van der Waals surface area contributed by atoms with E-state index in [0.29, 0.717) is 18.5 Å². The Labute approximate surface area is 259 Å². The molecule has 238 valence electrons. The van der Waals surface area contributed by atoms with Crippen LogP contribution >= 0.6 is 0 Å². The first kappa shape index (κ1) is 35.8. The number of rotatable bonds is 12. The second-order valence-corrected chi connectivity index (χ2v) is 11.2. The number of allylic oxidation sites excluding steroid dienone is 3. The third-order valence-electron chi connectivity index (χ3n) is 7.58. The molecule has 0 saturated carbocycles.